The number of aryl methyl sites for hydroxylation is 2. The second-order valence-corrected chi connectivity index (χ2v) is 5.36. The average molecular weight is 240 g/mol. The highest BCUT2D eigenvalue weighted by Crippen LogP contribution is 2.30. The first-order valence-corrected chi connectivity index (χ1v) is 6.38. The summed E-state index contributed by atoms with van der Waals surface area (Å²) in [6.07, 6.45) is 4.61. The van der Waals surface area contributed by atoms with E-state index in [1.165, 1.54) is 30.4 Å². The zero-order valence-corrected chi connectivity index (χ0v) is 10.2. The van der Waals surface area contributed by atoms with Crippen molar-refractivity contribution in [1.29, 1.82) is 0 Å². The lowest BCUT2D eigenvalue weighted by atomic mass is 9.99. The third-order valence-electron chi connectivity index (χ3n) is 2.99. The maximum absolute atomic E-state index is 10.9. The molecule has 0 fully saturated rings. The summed E-state index contributed by atoms with van der Waals surface area (Å²) in [6.45, 7) is 0. The molecule has 1 aromatic heterocycles. The summed E-state index contributed by atoms with van der Waals surface area (Å²) >= 11 is 1.75. The molecule has 1 atom stereocenters. The monoisotopic (exact) mass is 240 g/mol. The summed E-state index contributed by atoms with van der Waals surface area (Å²) in [6, 6.07) is 2.16. The maximum atomic E-state index is 10.9. The molecule has 0 spiro atoms. The van der Waals surface area contributed by atoms with Gasteiger partial charge in [0.2, 0.25) is 0 Å². The summed E-state index contributed by atoms with van der Waals surface area (Å²) in [4.78, 5) is 13.4. The van der Waals surface area contributed by atoms with Crippen LogP contribution >= 0.6 is 11.3 Å². The molecule has 0 saturated heterocycles. The smallest absolute Gasteiger partial charge is 0.333 e. The van der Waals surface area contributed by atoms with Gasteiger partial charge in [-0.15, -0.1) is 11.3 Å². The lowest BCUT2D eigenvalue weighted by molar-refractivity contribution is -0.148. The van der Waals surface area contributed by atoms with Crippen molar-refractivity contribution < 1.29 is 14.6 Å². The van der Waals surface area contributed by atoms with Crippen LogP contribution in [0.15, 0.2) is 6.07 Å². The Balaban J connectivity index is 2.09. The molecule has 16 heavy (non-hydrogen) atoms. The predicted molar refractivity (Wildman–Crippen MR) is 63.1 cm³/mol. The van der Waals surface area contributed by atoms with E-state index in [1.54, 1.807) is 11.3 Å². The van der Waals surface area contributed by atoms with E-state index < -0.39 is 12.1 Å². The van der Waals surface area contributed by atoms with Gasteiger partial charge in [-0.05, 0) is 37.3 Å². The number of thiophene rings is 1. The van der Waals surface area contributed by atoms with Gasteiger partial charge in [0.05, 0.1) is 0 Å². The molecule has 1 aliphatic carbocycles. The molecule has 4 heteroatoms. The van der Waals surface area contributed by atoms with Crippen molar-refractivity contribution in [2.24, 2.45) is 0 Å². The van der Waals surface area contributed by atoms with Gasteiger partial charge in [0.25, 0.3) is 0 Å². The lowest BCUT2D eigenvalue weighted by Crippen LogP contribution is -2.24. The van der Waals surface area contributed by atoms with E-state index in [0.29, 0.717) is 6.42 Å². The first-order valence-electron chi connectivity index (χ1n) is 5.56. The molecule has 1 unspecified atom stereocenters. The Morgan fingerprint density at radius 2 is 2.31 bits per heavy atom. The number of methoxy groups -OCH3 is 1. The van der Waals surface area contributed by atoms with Crippen molar-refractivity contribution >= 4 is 17.3 Å². The lowest BCUT2D eigenvalue weighted by Gasteiger charge is -2.08. The Kier molecular flexibility index (Phi) is 3.61. The Labute approximate surface area is 99.1 Å². The molecule has 1 N–H and O–H groups in total. The number of carbonyl (C=O) groups is 1. The topological polar surface area (TPSA) is 46.5 Å². The molecule has 0 amide bonds. The second-order valence-electron chi connectivity index (χ2n) is 4.13. The van der Waals surface area contributed by atoms with Crippen LogP contribution in [0.5, 0.6) is 0 Å². The van der Waals surface area contributed by atoms with E-state index in [2.05, 4.69) is 6.07 Å². The Morgan fingerprint density at radius 1 is 1.56 bits per heavy atom. The molecule has 0 saturated carbocycles. The minimum atomic E-state index is -0.881. The van der Waals surface area contributed by atoms with Crippen LogP contribution in [0, 0.1) is 0 Å². The highest BCUT2D eigenvalue weighted by Gasteiger charge is 2.20. The van der Waals surface area contributed by atoms with Crippen LogP contribution in [0.2, 0.25) is 0 Å². The Hall–Kier alpha value is -0.870. The fraction of sp³-hybridized carbons (Fsp3) is 0.583. The van der Waals surface area contributed by atoms with Crippen LogP contribution in [-0.2, 0) is 28.8 Å². The van der Waals surface area contributed by atoms with E-state index in [9.17, 15) is 4.79 Å². The van der Waals surface area contributed by atoms with E-state index in [4.69, 9.17) is 9.84 Å². The number of ether oxygens (including phenoxy) is 1. The average Bonchev–Trinajstić information content (AvgIpc) is 2.67. The van der Waals surface area contributed by atoms with Gasteiger partial charge in [-0.1, -0.05) is 0 Å². The highest BCUT2D eigenvalue weighted by molar-refractivity contribution is 7.12. The fourth-order valence-corrected chi connectivity index (χ4v) is 3.40. The van der Waals surface area contributed by atoms with Crippen molar-refractivity contribution in [3.05, 3.63) is 21.4 Å². The van der Waals surface area contributed by atoms with Crippen molar-refractivity contribution in [3.8, 4) is 0 Å². The molecule has 3 nitrogen and oxygen atoms in total. The molecule has 0 bridgehead atoms. The summed E-state index contributed by atoms with van der Waals surface area (Å²) in [5.41, 5.74) is 1.42. The molecule has 1 heterocycles. The van der Waals surface area contributed by atoms with Gasteiger partial charge in [0.15, 0.2) is 6.10 Å². The zero-order chi connectivity index (χ0) is 11.5. The SMILES string of the molecule is COC(Cc1cc2c(s1)CCCC2)C(=O)O. The third kappa shape index (κ3) is 2.44. The summed E-state index contributed by atoms with van der Waals surface area (Å²) < 4.78 is 4.95. The normalized spacial score (nSPS) is 16.8. The van der Waals surface area contributed by atoms with Gasteiger partial charge in [-0.25, -0.2) is 4.79 Å². The second kappa shape index (κ2) is 4.97. The first-order chi connectivity index (χ1) is 7.70. The minimum absolute atomic E-state index is 0.490. The van der Waals surface area contributed by atoms with Gasteiger partial charge in [-0.2, -0.15) is 0 Å². The highest BCUT2D eigenvalue weighted by atomic mass is 32.1. The quantitative estimate of drug-likeness (QED) is 0.878. The number of carboxylic acids is 1. The summed E-state index contributed by atoms with van der Waals surface area (Å²) in [5, 5.41) is 8.92. The van der Waals surface area contributed by atoms with Crippen LogP contribution in [0.25, 0.3) is 0 Å². The molecule has 1 aliphatic rings. The number of hydrogen-bond acceptors (Lipinski definition) is 3. The largest absolute Gasteiger partial charge is 0.479 e. The van der Waals surface area contributed by atoms with Crippen LogP contribution in [0.1, 0.15) is 28.2 Å². The van der Waals surface area contributed by atoms with E-state index in [1.807, 2.05) is 0 Å². The van der Waals surface area contributed by atoms with E-state index >= 15 is 0 Å². The summed E-state index contributed by atoms with van der Waals surface area (Å²) in [7, 11) is 1.45. The molecular weight excluding hydrogens is 224 g/mol. The van der Waals surface area contributed by atoms with Gasteiger partial charge in [-0.3, -0.25) is 0 Å². The first kappa shape index (κ1) is 11.6. The van der Waals surface area contributed by atoms with Gasteiger partial charge >= 0.3 is 5.97 Å². The fourth-order valence-electron chi connectivity index (χ4n) is 2.11. The Morgan fingerprint density at radius 3 is 2.94 bits per heavy atom. The van der Waals surface area contributed by atoms with Gasteiger partial charge in [0, 0.05) is 23.3 Å². The molecule has 0 aromatic carbocycles. The number of carboxylic acid groups (broad SMARTS) is 1. The van der Waals surface area contributed by atoms with Crippen molar-refractivity contribution in [3.63, 3.8) is 0 Å². The number of rotatable bonds is 4. The van der Waals surface area contributed by atoms with E-state index in [-0.39, 0.29) is 0 Å². The van der Waals surface area contributed by atoms with Crippen molar-refractivity contribution in [1.82, 2.24) is 0 Å². The van der Waals surface area contributed by atoms with E-state index in [0.717, 1.165) is 17.7 Å². The van der Waals surface area contributed by atoms with Crippen molar-refractivity contribution in [2.75, 3.05) is 7.11 Å². The molecule has 0 radical (unpaired) electrons. The zero-order valence-electron chi connectivity index (χ0n) is 9.36. The number of hydrogen-bond donors (Lipinski definition) is 1. The summed E-state index contributed by atoms with van der Waals surface area (Å²) in [5.74, 6) is -0.881. The van der Waals surface area contributed by atoms with Crippen molar-refractivity contribution in [2.45, 2.75) is 38.2 Å². The standard InChI is InChI=1S/C12H16O3S/c1-15-10(12(13)14)7-9-6-8-4-2-3-5-11(8)16-9/h6,10H,2-5,7H2,1H3,(H,13,14). The van der Waals surface area contributed by atoms with Gasteiger partial charge < -0.3 is 9.84 Å². The number of aliphatic carboxylic acids is 1. The van der Waals surface area contributed by atoms with Crippen LogP contribution in [-0.4, -0.2) is 24.3 Å². The molecule has 88 valence electrons. The maximum Gasteiger partial charge on any atom is 0.333 e. The molecule has 2 rings (SSSR count). The van der Waals surface area contributed by atoms with Gasteiger partial charge in [0.1, 0.15) is 0 Å². The van der Waals surface area contributed by atoms with Crippen LogP contribution in [0.3, 0.4) is 0 Å². The van der Waals surface area contributed by atoms with Crippen LogP contribution in [0.4, 0.5) is 0 Å². The van der Waals surface area contributed by atoms with Crippen LogP contribution < -0.4 is 0 Å². The number of fused-ring (bicyclic) bond motifs is 1. The minimum Gasteiger partial charge on any atom is -0.479 e. The molecule has 0 aliphatic heterocycles. The Bertz CT molecular complexity index is 360. The third-order valence-corrected chi connectivity index (χ3v) is 4.25. The predicted octanol–water partition coefficient (Wildman–Crippen LogP) is 2.27. The molecular formula is C12H16O3S. The molecule has 1 aromatic rings.